The molecule has 0 fully saturated rings. The smallest absolute Gasteiger partial charge is 0.245 e. The lowest BCUT2D eigenvalue weighted by Gasteiger charge is -1.98. The Morgan fingerprint density at radius 1 is 1.32 bits per heavy atom. The Labute approximate surface area is 133 Å². The highest BCUT2D eigenvalue weighted by atomic mass is 32.1. The van der Waals surface area contributed by atoms with Gasteiger partial charge >= 0.3 is 0 Å². The molecule has 0 aliphatic rings. The first-order valence-corrected chi connectivity index (χ1v) is 7.93. The van der Waals surface area contributed by atoms with E-state index in [2.05, 4.69) is 34.2 Å². The van der Waals surface area contributed by atoms with Gasteiger partial charge in [0, 0.05) is 34.1 Å². The molecule has 2 heterocycles. The fraction of sp³-hybridized carbons (Fsp3) is 0.176. The molecule has 1 N–H and O–H groups in total. The number of nitrogens with one attached hydrogen (secondary N) is 1. The van der Waals surface area contributed by atoms with E-state index in [4.69, 9.17) is 0 Å². The molecule has 0 radical (unpaired) electrons. The average Bonchev–Trinajstić information content (AvgIpc) is 3.10. The molecule has 0 aliphatic carbocycles. The highest BCUT2D eigenvalue weighted by Gasteiger charge is 2.09. The van der Waals surface area contributed by atoms with Gasteiger partial charge in [-0.25, -0.2) is 5.43 Å². The average molecular weight is 311 g/mol. The molecule has 0 unspecified atom stereocenters. The lowest BCUT2D eigenvalue weighted by molar-refractivity contribution is -0.120. The van der Waals surface area contributed by atoms with Crippen LogP contribution in [0.15, 0.2) is 46.9 Å². The van der Waals surface area contributed by atoms with E-state index in [0.29, 0.717) is 6.42 Å². The molecule has 0 bridgehead atoms. The number of carbonyl (C=O) groups excluding carboxylic acids is 1. The molecule has 1 aromatic carbocycles. The number of nitrogens with zero attached hydrogens (tertiary/aromatic N) is 2. The van der Waals surface area contributed by atoms with E-state index < -0.39 is 0 Å². The van der Waals surface area contributed by atoms with Crippen molar-refractivity contribution in [3.63, 3.8) is 0 Å². The van der Waals surface area contributed by atoms with Crippen molar-refractivity contribution in [2.75, 3.05) is 0 Å². The van der Waals surface area contributed by atoms with Crippen molar-refractivity contribution in [3.8, 4) is 0 Å². The number of rotatable bonds is 4. The summed E-state index contributed by atoms with van der Waals surface area (Å²) in [5.41, 5.74) is 5.92. The Kier molecular flexibility index (Phi) is 4.06. The van der Waals surface area contributed by atoms with Gasteiger partial charge in [0.15, 0.2) is 0 Å². The van der Waals surface area contributed by atoms with Crippen molar-refractivity contribution in [3.05, 3.63) is 57.9 Å². The molecule has 22 heavy (non-hydrogen) atoms. The maximum atomic E-state index is 11.8. The summed E-state index contributed by atoms with van der Waals surface area (Å²) < 4.78 is 2.13. The van der Waals surface area contributed by atoms with Crippen LogP contribution in [0, 0.1) is 6.92 Å². The molecular weight excluding hydrogens is 294 g/mol. The molecule has 0 aliphatic heterocycles. The number of hydrogen-bond donors (Lipinski definition) is 1. The molecule has 3 rings (SSSR count). The van der Waals surface area contributed by atoms with Crippen molar-refractivity contribution < 1.29 is 4.79 Å². The second-order valence-electron chi connectivity index (χ2n) is 5.12. The van der Waals surface area contributed by atoms with Gasteiger partial charge in [-0.2, -0.15) is 5.10 Å². The molecule has 0 atom stereocenters. The minimum atomic E-state index is -0.100. The highest BCUT2D eigenvalue weighted by molar-refractivity contribution is 7.10. The maximum Gasteiger partial charge on any atom is 0.245 e. The number of hydrazone groups is 1. The number of aryl methyl sites for hydroxylation is 1. The van der Waals surface area contributed by atoms with Gasteiger partial charge < -0.3 is 4.57 Å². The van der Waals surface area contributed by atoms with Crippen LogP contribution >= 0.6 is 11.3 Å². The standard InChI is InChI=1S/C17H17N3OS/c1-12-15(14-7-3-4-8-16(14)20(12)2)11-18-19-17(21)10-13-6-5-9-22-13/h3-9,11H,10H2,1-2H3,(H,19,21)/b18-11+. The number of benzene rings is 1. The van der Waals surface area contributed by atoms with Crippen molar-refractivity contribution in [1.29, 1.82) is 0 Å². The number of amides is 1. The van der Waals surface area contributed by atoms with Crippen LogP contribution in [0.25, 0.3) is 10.9 Å². The lowest BCUT2D eigenvalue weighted by atomic mass is 10.1. The molecule has 1 amide bonds. The second kappa shape index (κ2) is 6.15. The van der Waals surface area contributed by atoms with E-state index in [1.54, 1.807) is 17.6 Å². The predicted molar refractivity (Wildman–Crippen MR) is 91.4 cm³/mol. The SMILES string of the molecule is Cc1c(/C=N/NC(=O)Cc2cccs2)c2ccccc2n1C. The summed E-state index contributed by atoms with van der Waals surface area (Å²) in [7, 11) is 2.03. The summed E-state index contributed by atoms with van der Waals surface area (Å²) in [5.74, 6) is -0.100. The zero-order valence-corrected chi connectivity index (χ0v) is 13.4. The van der Waals surface area contributed by atoms with Crippen LogP contribution in [0.1, 0.15) is 16.1 Å². The van der Waals surface area contributed by atoms with Crippen LogP contribution in [0.3, 0.4) is 0 Å². The molecule has 3 aromatic rings. The summed E-state index contributed by atoms with van der Waals surface area (Å²) >= 11 is 1.57. The number of fused-ring (bicyclic) bond motifs is 1. The molecule has 2 aromatic heterocycles. The minimum absolute atomic E-state index is 0.100. The summed E-state index contributed by atoms with van der Waals surface area (Å²) in [4.78, 5) is 12.9. The Morgan fingerprint density at radius 3 is 2.91 bits per heavy atom. The van der Waals surface area contributed by atoms with E-state index in [1.165, 1.54) is 0 Å². The number of aromatic nitrogens is 1. The van der Waals surface area contributed by atoms with Gasteiger partial charge in [0.25, 0.3) is 0 Å². The van der Waals surface area contributed by atoms with Gasteiger partial charge in [0.05, 0.1) is 12.6 Å². The van der Waals surface area contributed by atoms with Gasteiger partial charge in [-0.05, 0) is 24.4 Å². The Balaban J connectivity index is 1.76. The molecular formula is C17H17N3OS. The Morgan fingerprint density at radius 2 is 2.14 bits per heavy atom. The largest absolute Gasteiger partial charge is 0.347 e. The molecule has 5 heteroatoms. The zero-order chi connectivity index (χ0) is 15.5. The van der Waals surface area contributed by atoms with Gasteiger partial charge in [-0.15, -0.1) is 11.3 Å². The van der Waals surface area contributed by atoms with Crippen LogP contribution in [0.2, 0.25) is 0 Å². The third-order valence-corrected chi connectivity index (χ3v) is 4.62. The predicted octanol–water partition coefficient (Wildman–Crippen LogP) is 3.24. The van der Waals surface area contributed by atoms with Crippen LogP contribution in [-0.4, -0.2) is 16.7 Å². The maximum absolute atomic E-state index is 11.8. The molecule has 112 valence electrons. The molecule has 0 saturated carbocycles. The quantitative estimate of drug-likeness (QED) is 0.583. The topological polar surface area (TPSA) is 46.4 Å². The summed E-state index contributed by atoms with van der Waals surface area (Å²) in [6.45, 7) is 2.05. The lowest BCUT2D eigenvalue weighted by Crippen LogP contribution is -2.19. The first-order valence-electron chi connectivity index (χ1n) is 7.05. The number of para-hydroxylation sites is 1. The number of thiophene rings is 1. The Bertz CT molecular complexity index is 831. The van der Waals surface area contributed by atoms with Crippen molar-refractivity contribution in [1.82, 2.24) is 9.99 Å². The second-order valence-corrected chi connectivity index (χ2v) is 6.16. The molecule has 0 saturated heterocycles. The van der Waals surface area contributed by atoms with Gasteiger partial charge in [-0.1, -0.05) is 24.3 Å². The van der Waals surface area contributed by atoms with Crippen LogP contribution < -0.4 is 5.43 Å². The number of hydrogen-bond acceptors (Lipinski definition) is 3. The first kappa shape index (κ1) is 14.5. The van der Waals surface area contributed by atoms with Crippen molar-refractivity contribution in [2.24, 2.45) is 12.1 Å². The summed E-state index contributed by atoms with van der Waals surface area (Å²) in [6, 6.07) is 12.1. The Hall–Kier alpha value is -2.40. The van der Waals surface area contributed by atoms with E-state index in [0.717, 1.165) is 27.0 Å². The zero-order valence-electron chi connectivity index (χ0n) is 12.5. The normalized spacial score (nSPS) is 11.4. The van der Waals surface area contributed by atoms with E-state index in [-0.39, 0.29) is 5.91 Å². The molecule has 0 spiro atoms. The van der Waals surface area contributed by atoms with Crippen molar-refractivity contribution in [2.45, 2.75) is 13.3 Å². The third kappa shape index (κ3) is 2.80. The van der Waals surface area contributed by atoms with Gasteiger partial charge in [0.2, 0.25) is 5.91 Å². The van der Waals surface area contributed by atoms with Crippen molar-refractivity contribution >= 4 is 34.4 Å². The minimum Gasteiger partial charge on any atom is -0.347 e. The van der Waals surface area contributed by atoms with E-state index in [1.807, 2.05) is 36.7 Å². The van der Waals surface area contributed by atoms with Crippen LogP contribution in [0.5, 0.6) is 0 Å². The number of carbonyl (C=O) groups is 1. The van der Waals surface area contributed by atoms with Gasteiger partial charge in [0.1, 0.15) is 0 Å². The first-order chi connectivity index (χ1) is 10.7. The van der Waals surface area contributed by atoms with Gasteiger partial charge in [-0.3, -0.25) is 4.79 Å². The highest BCUT2D eigenvalue weighted by Crippen LogP contribution is 2.22. The van der Waals surface area contributed by atoms with E-state index in [9.17, 15) is 4.79 Å². The van der Waals surface area contributed by atoms with Crippen LogP contribution in [-0.2, 0) is 18.3 Å². The summed E-state index contributed by atoms with van der Waals surface area (Å²) in [6.07, 6.45) is 2.09. The van der Waals surface area contributed by atoms with E-state index >= 15 is 0 Å². The third-order valence-electron chi connectivity index (χ3n) is 3.75. The fourth-order valence-corrected chi connectivity index (χ4v) is 3.20. The monoisotopic (exact) mass is 311 g/mol. The summed E-state index contributed by atoms with van der Waals surface area (Å²) in [5, 5.41) is 7.21. The molecule has 4 nitrogen and oxygen atoms in total. The van der Waals surface area contributed by atoms with Crippen LogP contribution in [0.4, 0.5) is 0 Å². The fourth-order valence-electron chi connectivity index (χ4n) is 2.49.